The van der Waals surface area contributed by atoms with Crippen molar-refractivity contribution in [3.63, 3.8) is 0 Å². The first-order valence-corrected chi connectivity index (χ1v) is 11.4. The number of rotatable bonds is 7. The molecule has 3 heterocycles. The molecule has 1 aromatic carbocycles. The Balaban J connectivity index is 1.22. The number of amides is 1. The maximum atomic E-state index is 13.3. The minimum Gasteiger partial charge on any atom is -0.387 e. The maximum Gasteiger partial charge on any atom is 0.250 e. The van der Waals surface area contributed by atoms with Crippen molar-refractivity contribution in [3.05, 3.63) is 47.0 Å². The number of thiazole rings is 1. The molecular weight excluding hydrogens is 422 g/mol. The number of alkyl halides is 2. The van der Waals surface area contributed by atoms with E-state index in [1.54, 1.807) is 6.20 Å². The van der Waals surface area contributed by atoms with E-state index in [1.165, 1.54) is 16.9 Å². The number of hydrogen-bond donors (Lipinski definition) is 2. The van der Waals surface area contributed by atoms with Gasteiger partial charge >= 0.3 is 0 Å². The van der Waals surface area contributed by atoms with Crippen LogP contribution in [0.1, 0.15) is 29.7 Å². The number of anilines is 1. The molecule has 0 spiro atoms. The number of aromatic nitrogens is 1. The standard InChI is InChI=1S/C22H28F2N4O2S/c23-22(24)7-10-27(11-8-22)15-21(30)6-9-28(16-21)14-19(29)26-20-25-13-18(31-20)12-17-4-2-1-3-5-17/h1-5,13,30H,6-12,14-16H2,(H,25,26,29)/t21-/m0/s1. The number of halogens is 2. The van der Waals surface area contributed by atoms with Gasteiger partial charge in [0.1, 0.15) is 0 Å². The van der Waals surface area contributed by atoms with Gasteiger partial charge in [-0.2, -0.15) is 0 Å². The van der Waals surface area contributed by atoms with Gasteiger partial charge in [-0.05, 0) is 12.0 Å². The topological polar surface area (TPSA) is 68.7 Å². The Morgan fingerprint density at radius 2 is 1.84 bits per heavy atom. The van der Waals surface area contributed by atoms with Gasteiger partial charge in [-0.1, -0.05) is 30.3 Å². The summed E-state index contributed by atoms with van der Waals surface area (Å²) in [5, 5.41) is 14.3. The average molecular weight is 451 g/mol. The number of piperidine rings is 1. The Bertz CT molecular complexity index is 885. The summed E-state index contributed by atoms with van der Waals surface area (Å²) in [4.78, 5) is 21.6. The Labute approximate surface area is 184 Å². The molecule has 1 amide bonds. The fourth-order valence-electron chi connectivity index (χ4n) is 4.27. The van der Waals surface area contributed by atoms with Crippen LogP contribution in [0.2, 0.25) is 0 Å². The van der Waals surface area contributed by atoms with Gasteiger partial charge in [0.25, 0.3) is 5.92 Å². The minimum absolute atomic E-state index is 0.157. The van der Waals surface area contributed by atoms with E-state index in [1.807, 2.05) is 28.0 Å². The smallest absolute Gasteiger partial charge is 0.250 e. The van der Waals surface area contributed by atoms with Crippen molar-refractivity contribution < 1.29 is 18.7 Å². The van der Waals surface area contributed by atoms with E-state index < -0.39 is 11.5 Å². The van der Waals surface area contributed by atoms with E-state index in [4.69, 9.17) is 0 Å². The fourth-order valence-corrected chi connectivity index (χ4v) is 5.13. The molecule has 1 aromatic heterocycles. The van der Waals surface area contributed by atoms with Crippen molar-refractivity contribution in [1.29, 1.82) is 0 Å². The highest BCUT2D eigenvalue weighted by Crippen LogP contribution is 2.30. The van der Waals surface area contributed by atoms with Gasteiger partial charge in [0, 0.05) is 63.1 Å². The summed E-state index contributed by atoms with van der Waals surface area (Å²) in [5.41, 5.74) is 0.231. The Kier molecular flexibility index (Phi) is 6.66. The van der Waals surface area contributed by atoms with Crippen molar-refractivity contribution in [1.82, 2.24) is 14.8 Å². The van der Waals surface area contributed by atoms with E-state index in [-0.39, 0.29) is 25.3 Å². The molecule has 9 heteroatoms. The average Bonchev–Trinajstić information content (AvgIpc) is 3.30. The zero-order chi connectivity index (χ0) is 21.9. The largest absolute Gasteiger partial charge is 0.387 e. The second-order valence-corrected chi connectivity index (χ2v) is 9.77. The van der Waals surface area contributed by atoms with Crippen LogP contribution in [-0.4, -0.2) is 76.6 Å². The first kappa shape index (κ1) is 22.3. The number of β-amino-alcohol motifs (C(OH)–C–C–N with tert-alkyl or cyclic N) is 1. The highest BCUT2D eigenvalue weighted by Gasteiger charge is 2.41. The van der Waals surface area contributed by atoms with Crippen LogP contribution < -0.4 is 5.32 Å². The molecular formula is C22H28F2N4O2S. The number of likely N-dealkylation sites (tertiary alicyclic amines) is 2. The molecule has 0 aliphatic carbocycles. The zero-order valence-electron chi connectivity index (χ0n) is 17.4. The molecule has 2 saturated heterocycles. The second-order valence-electron chi connectivity index (χ2n) is 8.66. The van der Waals surface area contributed by atoms with E-state index in [2.05, 4.69) is 22.4 Å². The van der Waals surface area contributed by atoms with E-state index in [0.717, 1.165) is 11.3 Å². The summed E-state index contributed by atoms with van der Waals surface area (Å²) >= 11 is 1.46. The number of carbonyl (C=O) groups excluding carboxylic acids is 1. The number of aliphatic hydroxyl groups is 1. The predicted molar refractivity (Wildman–Crippen MR) is 117 cm³/mol. The fraction of sp³-hybridized carbons (Fsp3) is 0.545. The summed E-state index contributed by atoms with van der Waals surface area (Å²) in [6.45, 7) is 2.11. The Morgan fingerprint density at radius 3 is 2.58 bits per heavy atom. The van der Waals surface area contributed by atoms with E-state index >= 15 is 0 Å². The summed E-state index contributed by atoms with van der Waals surface area (Å²) < 4.78 is 26.7. The highest BCUT2D eigenvalue weighted by molar-refractivity contribution is 7.15. The van der Waals surface area contributed by atoms with E-state index in [9.17, 15) is 18.7 Å². The molecule has 0 radical (unpaired) electrons. The minimum atomic E-state index is -2.59. The van der Waals surface area contributed by atoms with E-state index in [0.29, 0.717) is 44.3 Å². The Hall–Kier alpha value is -1.94. The number of benzene rings is 1. The van der Waals surface area contributed by atoms with Gasteiger partial charge in [0.2, 0.25) is 5.91 Å². The van der Waals surface area contributed by atoms with Crippen molar-refractivity contribution in [3.8, 4) is 0 Å². The predicted octanol–water partition coefficient (Wildman–Crippen LogP) is 2.84. The van der Waals surface area contributed by atoms with Gasteiger partial charge in [0.05, 0.1) is 12.1 Å². The summed E-state index contributed by atoms with van der Waals surface area (Å²) in [5.74, 6) is -2.75. The van der Waals surface area contributed by atoms with Crippen LogP contribution in [-0.2, 0) is 11.2 Å². The number of nitrogens with zero attached hydrogens (tertiary/aromatic N) is 3. The van der Waals surface area contributed by atoms with Gasteiger partial charge < -0.3 is 10.4 Å². The lowest BCUT2D eigenvalue weighted by Gasteiger charge is -2.36. The molecule has 2 aliphatic heterocycles. The van der Waals surface area contributed by atoms with Crippen molar-refractivity contribution >= 4 is 22.4 Å². The summed E-state index contributed by atoms with van der Waals surface area (Å²) in [6.07, 6.45) is 2.77. The number of carbonyl (C=O) groups is 1. The van der Waals surface area contributed by atoms with Crippen molar-refractivity contribution in [2.75, 3.05) is 44.6 Å². The van der Waals surface area contributed by atoms with Gasteiger partial charge in [-0.3, -0.25) is 14.6 Å². The molecule has 2 fully saturated rings. The van der Waals surface area contributed by atoms with Crippen LogP contribution in [0.5, 0.6) is 0 Å². The van der Waals surface area contributed by atoms with Crippen molar-refractivity contribution in [2.45, 2.75) is 37.2 Å². The number of hydrogen-bond acceptors (Lipinski definition) is 6. The number of nitrogens with one attached hydrogen (secondary N) is 1. The quantitative estimate of drug-likeness (QED) is 0.679. The lowest BCUT2D eigenvalue weighted by atomic mass is 10.00. The zero-order valence-corrected chi connectivity index (χ0v) is 18.2. The first-order chi connectivity index (χ1) is 14.8. The molecule has 0 unspecified atom stereocenters. The van der Waals surface area contributed by atoms with Gasteiger partial charge in [-0.25, -0.2) is 13.8 Å². The molecule has 6 nitrogen and oxygen atoms in total. The monoisotopic (exact) mass is 450 g/mol. The second kappa shape index (κ2) is 9.28. The molecule has 0 bridgehead atoms. The lowest BCUT2D eigenvalue weighted by Crippen LogP contribution is -2.49. The highest BCUT2D eigenvalue weighted by atomic mass is 32.1. The summed E-state index contributed by atoms with van der Waals surface area (Å²) in [6, 6.07) is 10.1. The Morgan fingerprint density at radius 1 is 1.13 bits per heavy atom. The SMILES string of the molecule is O=C(CN1CC[C@](O)(CN2CCC(F)(F)CC2)C1)Nc1ncc(Cc2ccccc2)s1. The van der Waals surface area contributed by atoms with Gasteiger partial charge in [0.15, 0.2) is 5.13 Å². The van der Waals surface area contributed by atoms with Crippen LogP contribution in [0.15, 0.2) is 36.5 Å². The molecule has 4 rings (SSSR count). The molecule has 2 N–H and O–H groups in total. The third-order valence-electron chi connectivity index (χ3n) is 5.91. The van der Waals surface area contributed by atoms with Crippen molar-refractivity contribution in [2.24, 2.45) is 0 Å². The third-order valence-corrected chi connectivity index (χ3v) is 6.82. The molecule has 2 aliphatic rings. The molecule has 168 valence electrons. The third kappa shape index (κ3) is 6.29. The van der Waals surface area contributed by atoms with Crippen LogP contribution in [0.3, 0.4) is 0 Å². The van der Waals surface area contributed by atoms with Gasteiger partial charge in [-0.15, -0.1) is 11.3 Å². The normalized spacial score (nSPS) is 24.4. The maximum absolute atomic E-state index is 13.3. The lowest BCUT2D eigenvalue weighted by molar-refractivity contribution is -0.117. The first-order valence-electron chi connectivity index (χ1n) is 10.6. The summed E-state index contributed by atoms with van der Waals surface area (Å²) in [7, 11) is 0. The molecule has 0 saturated carbocycles. The molecule has 1 atom stereocenters. The molecule has 31 heavy (non-hydrogen) atoms. The van der Waals surface area contributed by atoms with Crippen LogP contribution in [0.25, 0.3) is 0 Å². The van der Waals surface area contributed by atoms with Crippen LogP contribution >= 0.6 is 11.3 Å². The van der Waals surface area contributed by atoms with Crippen LogP contribution in [0.4, 0.5) is 13.9 Å². The molecule has 2 aromatic rings. The van der Waals surface area contributed by atoms with Crippen LogP contribution in [0, 0.1) is 0 Å².